The molecule has 0 heterocycles. The van der Waals surface area contributed by atoms with E-state index in [0.29, 0.717) is 0 Å². The number of thioether (sulfide) groups is 1. The molecule has 0 unspecified atom stereocenters. The molecule has 0 rings (SSSR count). The number of hydrogen-bond donors (Lipinski definition) is 0. The Morgan fingerprint density at radius 3 is 2.71 bits per heavy atom. The molecule has 0 aromatic heterocycles. The van der Waals surface area contributed by atoms with E-state index in [0.717, 1.165) is 15.0 Å². The molecule has 0 nitrogen and oxygen atoms in total. The Morgan fingerprint density at radius 2 is 2.29 bits per heavy atom. The van der Waals surface area contributed by atoms with E-state index < -0.39 is 0 Å². The van der Waals surface area contributed by atoms with Gasteiger partial charge in [-0.3, -0.25) is 0 Å². The Hall–Kier alpha value is 0.869. The van der Waals surface area contributed by atoms with Crippen LogP contribution in [0.15, 0.2) is 0 Å². The summed E-state index contributed by atoms with van der Waals surface area (Å²) in [7, 11) is 0. The van der Waals surface area contributed by atoms with Gasteiger partial charge >= 0.3 is 56.3 Å². The normalized spacial score (nSPS) is 9.43. The summed E-state index contributed by atoms with van der Waals surface area (Å²) in [6.07, 6.45) is 3.60. The molecular weight excluding hydrogens is 171 g/mol. The molecule has 2 heteroatoms. The van der Waals surface area contributed by atoms with Gasteiger partial charge in [0.1, 0.15) is 0 Å². The molecule has 0 saturated heterocycles. The first-order valence-corrected chi connectivity index (χ1v) is 6.71. The first-order valence-electron chi connectivity index (χ1n) is 2.39. The molecule has 0 aliphatic carbocycles. The molecular formula is C5H12SSe. The van der Waals surface area contributed by atoms with Crippen molar-refractivity contribution < 1.29 is 0 Å². The van der Waals surface area contributed by atoms with Gasteiger partial charge in [-0.2, -0.15) is 0 Å². The van der Waals surface area contributed by atoms with Crippen molar-refractivity contribution in [3.8, 4) is 0 Å². The molecule has 0 saturated carbocycles. The van der Waals surface area contributed by atoms with Gasteiger partial charge in [-0.1, -0.05) is 0 Å². The van der Waals surface area contributed by atoms with Gasteiger partial charge in [-0.15, -0.1) is 0 Å². The Balaban J connectivity index is 2.45. The summed E-state index contributed by atoms with van der Waals surface area (Å²) in [5.74, 6) is 3.66. The Morgan fingerprint density at radius 1 is 1.57 bits per heavy atom. The molecule has 0 aliphatic rings. The van der Waals surface area contributed by atoms with E-state index in [4.69, 9.17) is 0 Å². The molecule has 0 atom stereocenters. The van der Waals surface area contributed by atoms with E-state index in [9.17, 15) is 0 Å². The van der Waals surface area contributed by atoms with Gasteiger partial charge in [0.25, 0.3) is 0 Å². The van der Waals surface area contributed by atoms with Crippen LogP contribution in [-0.2, 0) is 0 Å². The van der Waals surface area contributed by atoms with Crippen molar-refractivity contribution in [2.24, 2.45) is 0 Å². The average Bonchev–Trinajstić information content (AvgIpc) is 1.69. The van der Waals surface area contributed by atoms with Crippen LogP contribution in [0, 0.1) is 0 Å². The second-order valence-corrected chi connectivity index (χ2v) is 4.39. The summed E-state index contributed by atoms with van der Waals surface area (Å²) in [5, 5.41) is 1.47. The van der Waals surface area contributed by atoms with Gasteiger partial charge in [0.05, 0.1) is 0 Å². The molecule has 0 radical (unpaired) electrons. The van der Waals surface area contributed by atoms with Crippen LogP contribution in [0.4, 0.5) is 0 Å². The molecule has 0 bridgehead atoms. The zero-order valence-electron chi connectivity index (χ0n) is 4.94. The summed E-state index contributed by atoms with van der Waals surface area (Å²) in [6, 6.07) is 0. The summed E-state index contributed by atoms with van der Waals surface area (Å²) >= 11 is 2.86. The van der Waals surface area contributed by atoms with Crippen molar-refractivity contribution in [2.75, 3.05) is 12.0 Å². The van der Waals surface area contributed by atoms with E-state index in [1.807, 2.05) is 11.8 Å². The van der Waals surface area contributed by atoms with Crippen LogP contribution in [0.3, 0.4) is 0 Å². The van der Waals surface area contributed by atoms with Gasteiger partial charge in [0.15, 0.2) is 0 Å². The maximum absolute atomic E-state index is 2.30. The summed E-state index contributed by atoms with van der Waals surface area (Å²) in [4.78, 5) is 0. The second-order valence-electron chi connectivity index (χ2n) is 1.34. The molecule has 0 amide bonds. The Bertz CT molecular complexity index is 27.3. The van der Waals surface area contributed by atoms with Crippen LogP contribution < -0.4 is 0 Å². The van der Waals surface area contributed by atoms with E-state index in [-0.39, 0.29) is 0 Å². The van der Waals surface area contributed by atoms with Crippen LogP contribution in [0.1, 0.15) is 6.42 Å². The van der Waals surface area contributed by atoms with Crippen molar-refractivity contribution in [1.82, 2.24) is 0 Å². The predicted octanol–water partition coefficient (Wildman–Crippen LogP) is 1.91. The third-order valence-electron chi connectivity index (χ3n) is 0.697. The zero-order valence-corrected chi connectivity index (χ0v) is 7.47. The van der Waals surface area contributed by atoms with Crippen molar-refractivity contribution in [1.29, 1.82) is 0 Å². The van der Waals surface area contributed by atoms with Crippen molar-refractivity contribution >= 4 is 26.7 Å². The molecule has 0 aromatic rings. The fourth-order valence-corrected chi connectivity index (χ4v) is 2.10. The van der Waals surface area contributed by atoms with E-state index in [1.165, 1.54) is 17.5 Å². The fraction of sp³-hybridized carbons (Fsp3) is 1.00. The minimum atomic E-state index is 0.912. The van der Waals surface area contributed by atoms with Gasteiger partial charge in [0.2, 0.25) is 0 Å². The third-order valence-corrected chi connectivity index (χ3v) is 2.86. The summed E-state index contributed by atoms with van der Waals surface area (Å²) in [6.45, 7) is 0. The quantitative estimate of drug-likeness (QED) is 0.474. The van der Waals surface area contributed by atoms with Crippen molar-refractivity contribution in [3.05, 3.63) is 0 Å². The van der Waals surface area contributed by atoms with Crippen LogP contribution >= 0.6 is 11.8 Å². The van der Waals surface area contributed by atoms with E-state index >= 15 is 0 Å². The third kappa shape index (κ3) is 6.87. The molecule has 0 spiro atoms. The predicted molar refractivity (Wildman–Crippen MR) is 39.4 cm³/mol. The molecule has 7 heavy (non-hydrogen) atoms. The van der Waals surface area contributed by atoms with Gasteiger partial charge in [-0.25, -0.2) is 0 Å². The molecule has 0 N–H and O–H groups in total. The van der Waals surface area contributed by atoms with Crippen molar-refractivity contribution in [3.63, 3.8) is 0 Å². The molecule has 44 valence electrons. The first kappa shape index (κ1) is 7.87. The van der Waals surface area contributed by atoms with Crippen LogP contribution in [0.2, 0.25) is 11.1 Å². The van der Waals surface area contributed by atoms with Gasteiger partial charge < -0.3 is 0 Å². The second kappa shape index (κ2) is 6.87. The SMILES string of the molecule is CSCCC[Se]C. The molecule has 0 fully saturated rings. The van der Waals surface area contributed by atoms with Crippen molar-refractivity contribution in [2.45, 2.75) is 17.6 Å². The number of hydrogen-bond acceptors (Lipinski definition) is 1. The Kier molecular flexibility index (Phi) is 7.72. The molecule has 0 aliphatic heterocycles. The average molecular weight is 183 g/mol. The van der Waals surface area contributed by atoms with Gasteiger partial charge in [0, 0.05) is 0 Å². The van der Waals surface area contributed by atoms with Crippen LogP contribution in [0.25, 0.3) is 0 Å². The standard InChI is InChI=1S/C5H12SSe/c1-6-4-3-5-7-2/h3-5H2,1-2H3. The number of rotatable bonds is 4. The van der Waals surface area contributed by atoms with Gasteiger partial charge in [-0.05, 0) is 0 Å². The topological polar surface area (TPSA) is 0 Å². The fourth-order valence-electron chi connectivity index (χ4n) is 0.348. The Labute approximate surface area is 56.6 Å². The maximum atomic E-state index is 2.30. The monoisotopic (exact) mass is 184 g/mol. The van der Waals surface area contributed by atoms with E-state index in [1.54, 1.807) is 0 Å². The summed E-state index contributed by atoms with van der Waals surface area (Å²) < 4.78 is 0. The van der Waals surface area contributed by atoms with Crippen LogP contribution in [-0.4, -0.2) is 27.0 Å². The van der Waals surface area contributed by atoms with Crippen LogP contribution in [0.5, 0.6) is 0 Å². The molecule has 0 aromatic carbocycles. The first-order chi connectivity index (χ1) is 3.41. The summed E-state index contributed by atoms with van der Waals surface area (Å²) in [5.41, 5.74) is 0. The minimum absolute atomic E-state index is 0.912. The van der Waals surface area contributed by atoms with E-state index in [2.05, 4.69) is 12.1 Å². The zero-order chi connectivity index (χ0) is 5.54.